The second-order valence-electron chi connectivity index (χ2n) is 5.78. The average Bonchev–Trinajstić information content (AvgIpc) is 2.80. The Labute approximate surface area is 135 Å². The molecule has 1 aromatic carbocycles. The van der Waals surface area contributed by atoms with Crippen LogP contribution >= 0.6 is 27.5 Å². The standard InChI is InChI=1S/C15H23BrClN3/c1-19-6-5-11(9-19)10-20(2)15(8-18)12-3-4-14(17)13(16)7-12/h3-4,7,11,15H,5-6,8-10,18H2,1-2H3. The van der Waals surface area contributed by atoms with E-state index in [1.165, 1.54) is 25.1 Å². The van der Waals surface area contributed by atoms with Gasteiger partial charge in [0.1, 0.15) is 0 Å². The van der Waals surface area contributed by atoms with Crippen molar-refractivity contribution in [2.75, 3.05) is 40.3 Å². The van der Waals surface area contributed by atoms with Crippen molar-refractivity contribution in [3.05, 3.63) is 33.3 Å². The van der Waals surface area contributed by atoms with Crippen LogP contribution in [0.1, 0.15) is 18.0 Å². The number of nitrogens with two attached hydrogens (primary N) is 1. The van der Waals surface area contributed by atoms with Crippen LogP contribution in [0.4, 0.5) is 0 Å². The summed E-state index contributed by atoms with van der Waals surface area (Å²) in [6.45, 7) is 4.10. The van der Waals surface area contributed by atoms with Crippen molar-refractivity contribution in [1.29, 1.82) is 0 Å². The summed E-state index contributed by atoms with van der Waals surface area (Å²) < 4.78 is 0.934. The average molecular weight is 361 g/mol. The number of nitrogens with zero attached hydrogens (tertiary/aromatic N) is 2. The lowest BCUT2D eigenvalue weighted by molar-refractivity contribution is 0.211. The second-order valence-corrected chi connectivity index (χ2v) is 7.04. The highest BCUT2D eigenvalue weighted by Crippen LogP contribution is 2.28. The maximum atomic E-state index is 6.06. The zero-order valence-corrected chi connectivity index (χ0v) is 14.5. The zero-order valence-electron chi connectivity index (χ0n) is 12.1. The maximum Gasteiger partial charge on any atom is 0.0548 e. The Morgan fingerprint density at radius 2 is 2.30 bits per heavy atom. The molecule has 0 bridgehead atoms. The summed E-state index contributed by atoms with van der Waals surface area (Å²) in [5.74, 6) is 0.745. The van der Waals surface area contributed by atoms with Gasteiger partial charge in [-0.1, -0.05) is 17.7 Å². The molecule has 0 radical (unpaired) electrons. The first kappa shape index (κ1) is 16.2. The van der Waals surface area contributed by atoms with Gasteiger partial charge >= 0.3 is 0 Å². The summed E-state index contributed by atoms with van der Waals surface area (Å²) in [4.78, 5) is 4.77. The number of hydrogen-bond acceptors (Lipinski definition) is 3. The predicted molar refractivity (Wildman–Crippen MR) is 89.2 cm³/mol. The van der Waals surface area contributed by atoms with E-state index in [1.54, 1.807) is 0 Å². The molecule has 1 aliphatic heterocycles. The van der Waals surface area contributed by atoms with E-state index in [2.05, 4.69) is 52.0 Å². The molecular weight excluding hydrogens is 338 g/mol. The third-order valence-electron chi connectivity index (χ3n) is 4.12. The SMILES string of the molecule is CN1CCC(CN(C)C(CN)c2ccc(Cl)c(Br)c2)C1. The molecule has 2 rings (SSSR count). The third kappa shape index (κ3) is 3.95. The molecule has 1 saturated heterocycles. The van der Waals surface area contributed by atoms with E-state index in [0.29, 0.717) is 6.54 Å². The van der Waals surface area contributed by atoms with E-state index in [4.69, 9.17) is 17.3 Å². The van der Waals surface area contributed by atoms with Gasteiger partial charge in [-0.25, -0.2) is 0 Å². The Hall–Kier alpha value is -0.130. The van der Waals surface area contributed by atoms with Crippen LogP contribution < -0.4 is 5.73 Å². The normalized spacial score (nSPS) is 21.6. The van der Waals surface area contributed by atoms with Crippen LogP contribution in [0.25, 0.3) is 0 Å². The van der Waals surface area contributed by atoms with Crippen molar-refractivity contribution in [3.8, 4) is 0 Å². The molecule has 0 aliphatic carbocycles. The van der Waals surface area contributed by atoms with E-state index >= 15 is 0 Å². The van der Waals surface area contributed by atoms with E-state index < -0.39 is 0 Å². The minimum atomic E-state index is 0.245. The molecule has 5 heteroatoms. The Morgan fingerprint density at radius 1 is 1.55 bits per heavy atom. The van der Waals surface area contributed by atoms with Gasteiger partial charge in [0.15, 0.2) is 0 Å². The van der Waals surface area contributed by atoms with E-state index in [9.17, 15) is 0 Å². The lowest BCUT2D eigenvalue weighted by atomic mass is 10.0. The van der Waals surface area contributed by atoms with E-state index in [1.807, 2.05) is 6.07 Å². The number of benzene rings is 1. The summed E-state index contributed by atoms with van der Waals surface area (Å²) in [5.41, 5.74) is 7.22. The second kappa shape index (κ2) is 7.23. The highest BCUT2D eigenvalue weighted by molar-refractivity contribution is 9.10. The largest absolute Gasteiger partial charge is 0.329 e. The van der Waals surface area contributed by atoms with Crippen molar-refractivity contribution in [1.82, 2.24) is 9.80 Å². The monoisotopic (exact) mass is 359 g/mol. The van der Waals surface area contributed by atoms with Crippen LogP contribution in [0.5, 0.6) is 0 Å². The summed E-state index contributed by atoms with van der Waals surface area (Å²) in [5, 5.41) is 0.740. The topological polar surface area (TPSA) is 32.5 Å². The summed E-state index contributed by atoms with van der Waals surface area (Å²) in [7, 11) is 4.36. The first-order valence-corrected chi connectivity index (χ1v) is 8.22. The molecule has 0 saturated carbocycles. The summed E-state index contributed by atoms with van der Waals surface area (Å²) in [6, 6.07) is 6.33. The molecule has 0 spiro atoms. The highest BCUT2D eigenvalue weighted by atomic mass is 79.9. The lowest BCUT2D eigenvalue weighted by Gasteiger charge is -2.30. The molecule has 2 N–H and O–H groups in total. The number of halogens is 2. The van der Waals surface area contributed by atoms with Gasteiger partial charge in [-0.2, -0.15) is 0 Å². The Morgan fingerprint density at radius 3 is 2.85 bits per heavy atom. The zero-order chi connectivity index (χ0) is 14.7. The van der Waals surface area contributed by atoms with Gasteiger partial charge in [0.05, 0.1) is 5.02 Å². The first-order valence-electron chi connectivity index (χ1n) is 7.05. The fourth-order valence-corrected chi connectivity index (χ4v) is 3.51. The van der Waals surface area contributed by atoms with Gasteiger partial charge in [-0.15, -0.1) is 0 Å². The quantitative estimate of drug-likeness (QED) is 0.876. The van der Waals surface area contributed by atoms with Crippen molar-refractivity contribution in [3.63, 3.8) is 0 Å². The van der Waals surface area contributed by atoms with Crippen LogP contribution in [-0.4, -0.2) is 50.1 Å². The lowest BCUT2D eigenvalue weighted by Crippen LogP contribution is -2.35. The van der Waals surface area contributed by atoms with E-state index in [-0.39, 0.29) is 6.04 Å². The molecule has 0 amide bonds. The first-order chi connectivity index (χ1) is 9.51. The Balaban J connectivity index is 2.04. The minimum absolute atomic E-state index is 0.245. The molecule has 1 heterocycles. The molecule has 1 aromatic rings. The molecule has 1 fully saturated rings. The van der Waals surface area contributed by atoms with Crippen molar-refractivity contribution >= 4 is 27.5 Å². The molecule has 2 unspecified atom stereocenters. The minimum Gasteiger partial charge on any atom is -0.329 e. The molecule has 0 aromatic heterocycles. The van der Waals surface area contributed by atoms with Crippen LogP contribution in [0.3, 0.4) is 0 Å². The molecular formula is C15H23BrClN3. The third-order valence-corrected chi connectivity index (χ3v) is 5.33. The van der Waals surface area contributed by atoms with Crippen molar-refractivity contribution in [2.24, 2.45) is 11.7 Å². The Bertz CT molecular complexity index is 455. The summed E-state index contributed by atoms with van der Waals surface area (Å²) >= 11 is 9.56. The smallest absolute Gasteiger partial charge is 0.0548 e. The maximum absolute atomic E-state index is 6.06. The highest BCUT2D eigenvalue weighted by Gasteiger charge is 2.24. The molecule has 112 valence electrons. The van der Waals surface area contributed by atoms with Gasteiger partial charge in [0, 0.05) is 30.1 Å². The van der Waals surface area contributed by atoms with Gasteiger partial charge in [-0.05, 0) is 66.6 Å². The van der Waals surface area contributed by atoms with Crippen LogP contribution in [0.2, 0.25) is 5.02 Å². The van der Waals surface area contributed by atoms with Gasteiger partial charge < -0.3 is 10.6 Å². The fourth-order valence-electron chi connectivity index (χ4n) is 3.00. The van der Waals surface area contributed by atoms with E-state index in [0.717, 1.165) is 22.0 Å². The number of rotatable bonds is 5. The molecule has 1 aliphatic rings. The van der Waals surface area contributed by atoms with Gasteiger partial charge in [0.2, 0.25) is 0 Å². The van der Waals surface area contributed by atoms with Crippen LogP contribution in [-0.2, 0) is 0 Å². The van der Waals surface area contributed by atoms with Gasteiger partial charge in [-0.3, -0.25) is 4.90 Å². The molecule has 3 nitrogen and oxygen atoms in total. The predicted octanol–water partition coefficient (Wildman–Crippen LogP) is 2.99. The van der Waals surface area contributed by atoms with Crippen molar-refractivity contribution in [2.45, 2.75) is 12.5 Å². The van der Waals surface area contributed by atoms with Crippen molar-refractivity contribution < 1.29 is 0 Å². The van der Waals surface area contributed by atoms with Gasteiger partial charge in [0.25, 0.3) is 0 Å². The molecule has 2 atom stereocenters. The number of hydrogen-bond donors (Lipinski definition) is 1. The Kier molecular flexibility index (Phi) is 5.87. The number of likely N-dealkylation sites (tertiary alicyclic amines) is 1. The fraction of sp³-hybridized carbons (Fsp3) is 0.600. The molecule has 20 heavy (non-hydrogen) atoms. The number of likely N-dealkylation sites (N-methyl/N-ethyl adjacent to an activating group) is 1. The van der Waals surface area contributed by atoms with Crippen LogP contribution in [0, 0.1) is 5.92 Å². The van der Waals surface area contributed by atoms with Crippen LogP contribution in [0.15, 0.2) is 22.7 Å². The summed E-state index contributed by atoms with van der Waals surface area (Å²) in [6.07, 6.45) is 1.28.